The molecule has 0 heterocycles. The molecule has 0 bridgehead atoms. The van der Waals surface area contributed by atoms with Crippen LogP contribution in [0.25, 0.3) is 0 Å². The molecule has 0 spiro atoms. The van der Waals surface area contributed by atoms with Crippen molar-refractivity contribution in [2.24, 2.45) is 0 Å². The topological polar surface area (TPSA) is 52.6 Å². The van der Waals surface area contributed by atoms with Gasteiger partial charge in [0.25, 0.3) is 0 Å². The first kappa shape index (κ1) is 25.7. The van der Waals surface area contributed by atoms with Crippen LogP contribution in [0.5, 0.6) is 11.5 Å². The van der Waals surface area contributed by atoms with Crippen LogP contribution in [0.2, 0.25) is 0 Å². The molecule has 33 heavy (non-hydrogen) atoms. The molecule has 0 aromatic heterocycles. The SMILES string of the molecule is C=C(C)C(=O)Oc1cccc(C(F)(c2cccc(OC(=O)C(=C)C)c2)C(F)(F)C(F)(F)F)c1. The van der Waals surface area contributed by atoms with Gasteiger partial charge in [0.15, 0.2) is 0 Å². The molecule has 10 heteroatoms. The van der Waals surface area contributed by atoms with E-state index in [2.05, 4.69) is 13.2 Å². The van der Waals surface area contributed by atoms with E-state index in [9.17, 15) is 31.5 Å². The lowest BCUT2D eigenvalue weighted by Gasteiger charge is -2.35. The Balaban J connectivity index is 2.71. The molecule has 0 atom stereocenters. The first-order valence-electron chi connectivity index (χ1n) is 9.21. The largest absolute Gasteiger partial charge is 0.457 e. The molecule has 0 unspecified atom stereocenters. The molecule has 4 nitrogen and oxygen atoms in total. The minimum Gasteiger partial charge on any atom is -0.423 e. The molecule has 176 valence electrons. The van der Waals surface area contributed by atoms with Gasteiger partial charge in [-0.1, -0.05) is 37.4 Å². The second-order valence-corrected chi connectivity index (χ2v) is 7.13. The highest BCUT2D eigenvalue weighted by atomic mass is 19.4. The smallest absolute Gasteiger partial charge is 0.423 e. The van der Waals surface area contributed by atoms with Crippen LogP contribution in [0.4, 0.5) is 26.3 Å². The van der Waals surface area contributed by atoms with Gasteiger partial charge in [-0.25, -0.2) is 14.0 Å². The van der Waals surface area contributed by atoms with Crippen molar-refractivity contribution in [3.05, 3.63) is 84.0 Å². The van der Waals surface area contributed by atoms with Crippen LogP contribution in [0, 0.1) is 0 Å². The van der Waals surface area contributed by atoms with Crippen molar-refractivity contribution in [2.75, 3.05) is 0 Å². The molecule has 0 radical (unpaired) electrons. The van der Waals surface area contributed by atoms with Gasteiger partial charge in [-0.05, 0) is 38.1 Å². The normalized spacial score (nSPS) is 12.1. The fraction of sp³-hybridized carbons (Fsp3) is 0.217. The average Bonchev–Trinajstić information content (AvgIpc) is 2.72. The number of carbonyl (C=O) groups is 2. The van der Waals surface area contributed by atoms with E-state index < -0.39 is 52.3 Å². The molecular weight excluding hydrogens is 454 g/mol. The molecule has 2 aromatic rings. The molecule has 0 saturated heterocycles. The molecule has 0 amide bonds. The Morgan fingerprint density at radius 3 is 1.39 bits per heavy atom. The monoisotopic (exact) mass is 472 g/mol. The Labute approximate surface area is 185 Å². The summed E-state index contributed by atoms with van der Waals surface area (Å²) in [5.41, 5.74) is -6.96. The third-order valence-corrected chi connectivity index (χ3v) is 4.37. The van der Waals surface area contributed by atoms with E-state index in [0.717, 1.165) is 24.3 Å². The summed E-state index contributed by atoms with van der Waals surface area (Å²) < 4.78 is 95.1. The van der Waals surface area contributed by atoms with E-state index in [0.29, 0.717) is 24.3 Å². The van der Waals surface area contributed by atoms with Crippen LogP contribution in [0.3, 0.4) is 0 Å². The zero-order valence-corrected chi connectivity index (χ0v) is 17.4. The van der Waals surface area contributed by atoms with Crippen molar-refractivity contribution in [3.8, 4) is 11.5 Å². The minimum atomic E-state index is -6.31. The lowest BCUT2D eigenvalue weighted by Crippen LogP contribution is -2.53. The highest BCUT2D eigenvalue weighted by molar-refractivity contribution is 5.89. The van der Waals surface area contributed by atoms with Crippen LogP contribution in [-0.2, 0) is 15.3 Å². The number of hydrogen-bond acceptors (Lipinski definition) is 4. The summed E-state index contributed by atoms with van der Waals surface area (Å²) >= 11 is 0. The summed E-state index contributed by atoms with van der Waals surface area (Å²) in [4.78, 5) is 23.4. The fourth-order valence-corrected chi connectivity index (χ4v) is 2.66. The average molecular weight is 472 g/mol. The van der Waals surface area contributed by atoms with Gasteiger partial charge < -0.3 is 9.47 Å². The van der Waals surface area contributed by atoms with E-state index >= 15 is 4.39 Å². The Morgan fingerprint density at radius 1 is 0.727 bits per heavy atom. The molecule has 2 aromatic carbocycles. The third kappa shape index (κ3) is 5.10. The van der Waals surface area contributed by atoms with E-state index in [-0.39, 0.29) is 11.1 Å². The number of esters is 2. The Morgan fingerprint density at radius 2 is 1.09 bits per heavy atom. The summed E-state index contributed by atoms with van der Waals surface area (Å²) in [6, 6.07) is 6.50. The summed E-state index contributed by atoms with van der Waals surface area (Å²) in [5, 5.41) is 0. The lowest BCUT2D eigenvalue weighted by molar-refractivity contribution is -0.323. The van der Waals surface area contributed by atoms with Crippen molar-refractivity contribution in [2.45, 2.75) is 31.6 Å². The molecule has 0 aliphatic heterocycles. The van der Waals surface area contributed by atoms with Gasteiger partial charge in [-0.15, -0.1) is 0 Å². The number of rotatable bonds is 7. The number of benzene rings is 2. The van der Waals surface area contributed by atoms with Crippen LogP contribution in [-0.4, -0.2) is 24.0 Å². The van der Waals surface area contributed by atoms with Crippen molar-refractivity contribution in [1.29, 1.82) is 0 Å². The highest BCUT2D eigenvalue weighted by Crippen LogP contribution is 2.55. The van der Waals surface area contributed by atoms with Gasteiger partial charge >= 0.3 is 24.0 Å². The van der Waals surface area contributed by atoms with Gasteiger partial charge in [0, 0.05) is 22.3 Å². The van der Waals surface area contributed by atoms with Crippen LogP contribution < -0.4 is 9.47 Å². The zero-order valence-electron chi connectivity index (χ0n) is 17.4. The number of halogens is 6. The number of alkyl halides is 6. The number of ether oxygens (including phenoxy) is 2. The zero-order chi connectivity index (χ0) is 25.2. The predicted molar refractivity (Wildman–Crippen MR) is 107 cm³/mol. The van der Waals surface area contributed by atoms with Crippen molar-refractivity contribution >= 4 is 11.9 Å². The molecule has 0 fully saturated rings. The summed E-state index contributed by atoms with van der Waals surface area (Å²) in [6.07, 6.45) is -6.31. The second-order valence-electron chi connectivity index (χ2n) is 7.13. The van der Waals surface area contributed by atoms with Crippen molar-refractivity contribution < 1.29 is 45.4 Å². The Bertz CT molecular complexity index is 1030. The van der Waals surface area contributed by atoms with E-state index in [1.165, 1.54) is 13.8 Å². The number of carbonyl (C=O) groups excluding carboxylic acids is 2. The van der Waals surface area contributed by atoms with Crippen LogP contribution in [0.1, 0.15) is 25.0 Å². The molecule has 0 N–H and O–H groups in total. The summed E-state index contributed by atoms with van der Waals surface area (Å²) in [7, 11) is 0. The predicted octanol–water partition coefficient (Wildman–Crippen LogP) is 6.06. The molecular formula is C23H18F6O4. The van der Waals surface area contributed by atoms with Crippen molar-refractivity contribution in [1.82, 2.24) is 0 Å². The van der Waals surface area contributed by atoms with E-state index in [1.54, 1.807) is 0 Å². The molecule has 0 aliphatic carbocycles. The lowest BCUT2D eigenvalue weighted by atomic mass is 9.82. The van der Waals surface area contributed by atoms with Gasteiger partial charge in [0.1, 0.15) is 11.5 Å². The minimum absolute atomic E-state index is 0.0837. The first-order chi connectivity index (χ1) is 15.1. The maximum Gasteiger partial charge on any atom is 0.457 e. The fourth-order valence-electron chi connectivity index (χ4n) is 2.66. The first-order valence-corrected chi connectivity index (χ1v) is 9.21. The van der Waals surface area contributed by atoms with E-state index in [1.807, 2.05) is 0 Å². The Hall–Kier alpha value is -3.56. The number of hydrogen-bond donors (Lipinski definition) is 0. The van der Waals surface area contributed by atoms with Gasteiger partial charge in [-0.3, -0.25) is 0 Å². The Kier molecular flexibility index (Phi) is 7.11. The third-order valence-electron chi connectivity index (χ3n) is 4.37. The maximum absolute atomic E-state index is 16.1. The van der Waals surface area contributed by atoms with Crippen molar-refractivity contribution in [3.63, 3.8) is 0 Å². The van der Waals surface area contributed by atoms with E-state index in [4.69, 9.17) is 9.47 Å². The van der Waals surface area contributed by atoms with Crippen LogP contribution >= 0.6 is 0 Å². The summed E-state index contributed by atoms with van der Waals surface area (Å²) in [5.74, 6) is -8.88. The quantitative estimate of drug-likeness (QED) is 0.213. The van der Waals surface area contributed by atoms with Gasteiger partial charge in [-0.2, -0.15) is 22.0 Å². The summed E-state index contributed by atoms with van der Waals surface area (Å²) in [6.45, 7) is 9.20. The standard InChI is InChI=1S/C23H18F6O4/c1-13(2)19(30)32-17-9-5-7-15(11-17)21(24,22(25,26)23(27,28)29)16-8-6-10-18(12-16)33-20(31)14(3)4/h5-12H,1,3H2,2,4H3. The molecule has 0 saturated carbocycles. The van der Waals surface area contributed by atoms with Crippen LogP contribution in [0.15, 0.2) is 72.8 Å². The van der Waals surface area contributed by atoms with Gasteiger partial charge in [0.05, 0.1) is 0 Å². The molecule has 2 rings (SSSR count). The molecule has 0 aliphatic rings. The maximum atomic E-state index is 16.1. The highest BCUT2D eigenvalue weighted by Gasteiger charge is 2.72. The second kappa shape index (κ2) is 9.13. The van der Waals surface area contributed by atoms with Gasteiger partial charge in [0.2, 0.25) is 5.67 Å².